The summed E-state index contributed by atoms with van der Waals surface area (Å²) in [4.78, 5) is 16.9. The summed E-state index contributed by atoms with van der Waals surface area (Å²) in [6, 6.07) is 11.7. The standard InChI is InChI=1S/C14H13BrN2O/c1-17(9-12-4-2-3-5-13(12)15)14-7-6-11(10-18)8-16-14/h2-8,10H,9H2,1H3. The van der Waals surface area contributed by atoms with Crippen LogP contribution in [0.4, 0.5) is 5.82 Å². The molecule has 1 aromatic carbocycles. The van der Waals surface area contributed by atoms with Crippen molar-refractivity contribution in [2.24, 2.45) is 0 Å². The molecule has 0 aliphatic rings. The monoisotopic (exact) mass is 304 g/mol. The summed E-state index contributed by atoms with van der Waals surface area (Å²) in [5.41, 5.74) is 1.79. The first kappa shape index (κ1) is 12.8. The minimum atomic E-state index is 0.591. The number of hydrogen-bond donors (Lipinski definition) is 0. The first-order valence-electron chi connectivity index (χ1n) is 5.56. The molecule has 2 aromatic rings. The maximum Gasteiger partial charge on any atom is 0.151 e. The number of carbonyl (C=O) groups excluding carboxylic acids is 1. The number of carbonyl (C=O) groups is 1. The maximum absolute atomic E-state index is 10.6. The largest absolute Gasteiger partial charge is 0.355 e. The van der Waals surface area contributed by atoms with Crippen LogP contribution in [0.1, 0.15) is 15.9 Å². The molecule has 18 heavy (non-hydrogen) atoms. The Balaban J connectivity index is 2.14. The van der Waals surface area contributed by atoms with Crippen molar-refractivity contribution < 1.29 is 4.79 Å². The van der Waals surface area contributed by atoms with Crippen molar-refractivity contribution in [2.75, 3.05) is 11.9 Å². The van der Waals surface area contributed by atoms with E-state index in [0.717, 1.165) is 23.1 Å². The first-order valence-corrected chi connectivity index (χ1v) is 6.36. The number of nitrogens with zero attached hydrogens (tertiary/aromatic N) is 2. The first-order chi connectivity index (χ1) is 8.70. The lowest BCUT2D eigenvalue weighted by atomic mass is 10.2. The smallest absolute Gasteiger partial charge is 0.151 e. The lowest BCUT2D eigenvalue weighted by molar-refractivity contribution is 0.112. The summed E-state index contributed by atoms with van der Waals surface area (Å²) in [5, 5.41) is 0. The highest BCUT2D eigenvalue weighted by Gasteiger charge is 2.05. The van der Waals surface area contributed by atoms with Crippen LogP contribution in [0, 0.1) is 0 Å². The van der Waals surface area contributed by atoms with Gasteiger partial charge in [-0.1, -0.05) is 34.1 Å². The van der Waals surface area contributed by atoms with Crippen LogP contribution in [-0.2, 0) is 6.54 Å². The van der Waals surface area contributed by atoms with E-state index in [9.17, 15) is 4.79 Å². The second-order valence-electron chi connectivity index (χ2n) is 4.02. The topological polar surface area (TPSA) is 33.2 Å². The van der Waals surface area contributed by atoms with Gasteiger partial charge in [0.05, 0.1) is 0 Å². The van der Waals surface area contributed by atoms with Gasteiger partial charge in [0.15, 0.2) is 6.29 Å². The molecule has 0 aliphatic carbocycles. The van der Waals surface area contributed by atoms with E-state index in [2.05, 4.69) is 27.0 Å². The average Bonchev–Trinajstić information content (AvgIpc) is 2.41. The van der Waals surface area contributed by atoms with E-state index in [1.807, 2.05) is 36.2 Å². The molecule has 0 amide bonds. The summed E-state index contributed by atoms with van der Waals surface area (Å²) in [6.07, 6.45) is 2.38. The molecule has 0 fully saturated rings. The molecule has 0 unspecified atom stereocenters. The van der Waals surface area contributed by atoms with Crippen molar-refractivity contribution in [3.8, 4) is 0 Å². The highest BCUT2D eigenvalue weighted by atomic mass is 79.9. The highest BCUT2D eigenvalue weighted by Crippen LogP contribution is 2.19. The van der Waals surface area contributed by atoms with Gasteiger partial charge in [-0.2, -0.15) is 0 Å². The van der Waals surface area contributed by atoms with Gasteiger partial charge in [-0.3, -0.25) is 4.79 Å². The second-order valence-corrected chi connectivity index (χ2v) is 4.87. The summed E-state index contributed by atoms with van der Waals surface area (Å²) in [7, 11) is 1.97. The second kappa shape index (κ2) is 5.78. The minimum Gasteiger partial charge on any atom is -0.355 e. The quantitative estimate of drug-likeness (QED) is 0.813. The fraction of sp³-hybridized carbons (Fsp3) is 0.143. The van der Waals surface area contributed by atoms with E-state index >= 15 is 0 Å². The van der Waals surface area contributed by atoms with Gasteiger partial charge in [0, 0.05) is 29.8 Å². The number of hydrogen-bond acceptors (Lipinski definition) is 3. The van der Waals surface area contributed by atoms with Crippen molar-refractivity contribution in [1.29, 1.82) is 0 Å². The third kappa shape index (κ3) is 2.96. The Bertz CT molecular complexity index is 540. The molecular weight excluding hydrogens is 292 g/mol. The van der Waals surface area contributed by atoms with E-state index in [0.29, 0.717) is 5.56 Å². The third-order valence-electron chi connectivity index (χ3n) is 2.66. The zero-order valence-corrected chi connectivity index (χ0v) is 11.6. The van der Waals surface area contributed by atoms with Gasteiger partial charge in [-0.25, -0.2) is 4.98 Å². The summed E-state index contributed by atoms with van der Waals surface area (Å²) >= 11 is 3.53. The van der Waals surface area contributed by atoms with Crippen molar-refractivity contribution >= 4 is 28.0 Å². The van der Waals surface area contributed by atoms with Crippen molar-refractivity contribution in [1.82, 2.24) is 4.98 Å². The molecule has 4 heteroatoms. The lowest BCUT2D eigenvalue weighted by Gasteiger charge is -2.18. The molecule has 3 nitrogen and oxygen atoms in total. The highest BCUT2D eigenvalue weighted by molar-refractivity contribution is 9.10. The third-order valence-corrected chi connectivity index (χ3v) is 3.44. The predicted octanol–water partition coefficient (Wildman–Crippen LogP) is 3.29. The molecule has 0 radical (unpaired) electrons. The molecule has 0 spiro atoms. The fourth-order valence-electron chi connectivity index (χ4n) is 1.66. The predicted molar refractivity (Wildman–Crippen MR) is 75.9 cm³/mol. The van der Waals surface area contributed by atoms with Crippen molar-refractivity contribution in [3.05, 3.63) is 58.2 Å². The van der Waals surface area contributed by atoms with E-state index in [-0.39, 0.29) is 0 Å². The summed E-state index contributed by atoms with van der Waals surface area (Å²) < 4.78 is 1.08. The summed E-state index contributed by atoms with van der Waals surface area (Å²) in [5.74, 6) is 0.844. The van der Waals surface area contributed by atoms with Gasteiger partial charge < -0.3 is 4.90 Å². The lowest BCUT2D eigenvalue weighted by Crippen LogP contribution is -2.17. The van der Waals surface area contributed by atoms with E-state index < -0.39 is 0 Å². The maximum atomic E-state index is 10.6. The average molecular weight is 305 g/mol. The van der Waals surface area contributed by atoms with Gasteiger partial charge in [0.2, 0.25) is 0 Å². The number of anilines is 1. The van der Waals surface area contributed by atoms with E-state index in [1.54, 1.807) is 12.3 Å². The molecule has 0 aliphatic heterocycles. The van der Waals surface area contributed by atoms with Gasteiger partial charge in [0.1, 0.15) is 5.82 Å². The van der Waals surface area contributed by atoms with Crippen LogP contribution in [0.3, 0.4) is 0 Å². The number of pyridine rings is 1. The van der Waals surface area contributed by atoms with Crippen LogP contribution in [0.5, 0.6) is 0 Å². The summed E-state index contributed by atoms with van der Waals surface area (Å²) in [6.45, 7) is 0.759. The van der Waals surface area contributed by atoms with Gasteiger partial charge in [0.25, 0.3) is 0 Å². The van der Waals surface area contributed by atoms with Gasteiger partial charge in [-0.05, 0) is 23.8 Å². The molecule has 0 N–H and O–H groups in total. The molecule has 2 rings (SSSR count). The van der Waals surface area contributed by atoms with Crippen LogP contribution in [-0.4, -0.2) is 18.3 Å². The van der Waals surface area contributed by atoms with Crippen LogP contribution in [0.25, 0.3) is 0 Å². The molecule has 0 bridgehead atoms. The van der Waals surface area contributed by atoms with E-state index in [1.165, 1.54) is 5.56 Å². The number of aromatic nitrogens is 1. The van der Waals surface area contributed by atoms with E-state index in [4.69, 9.17) is 0 Å². The van der Waals surface area contributed by atoms with Crippen molar-refractivity contribution in [2.45, 2.75) is 6.54 Å². The number of benzene rings is 1. The number of halogens is 1. The fourth-order valence-corrected chi connectivity index (χ4v) is 2.07. The Kier molecular flexibility index (Phi) is 4.10. The Morgan fingerprint density at radius 2 is 2.06 bits per heavy atom. The Labute approximate surface area is 115 Å². The molecule has 0 saturated heterocycles. The molecule has 1 heterocycles. The molecule has 92 valence electrons. The van der Waals surface area contributed by atoms with Gasteiger partial charge in [-0.15, -0.1) is 0 Å². The number of aldehydes is 1. The zero-order valence-electron chi connectivity index (χ0n) is 10.0. The SMILES string of the molecule is CN(Cc1ccccc1Br)c1ccc(C=O)cn1. The molecule has 0 saturated carbocycles. The zero-order chi connectivity index (χ0) is 13.0. The van der Waals surface area contributed by atoms with Crippen LogP contribution in [0.2, 0.25) is 0 Å². The Hall–Kier alpha value is -1.68. The Morgan fingerprint density at radius 1 is 1.28 bits per heavy atom. The molecule has 1 aromatic heterocycles. The Morgan fingerprint density at radius 3 is 2.67 bits per heavy atom. The van der Waals surface area contributed by atoms with Crippen LogP contribution >= 0.6 is 15.9 Å². The van der Waals surface area contributed by atoms with Gasteiger partial charge >= 0.3 is 0 Å². The minimum absolute atomic E-state index is 0.591. The van der Waals surface area contributed by atoms with Crippen molar-refractivity contribution in [3.63, 3.8) is 0 Å². The molecule has 0 atom stereocenters. The number of rotatable bonds is 4. The van der Waals surface area contributed by atoms with Crippen LogP contribution in [0.15, 0.2) is 47.1 Å². The molecular formula is C14H13BrN2O. The normalized spacial score (nSPS) is 10.1. The van der Waals surface area contributed by atoms with Crippen LogP contribution < -0.4 is 4.90 Å².